The minimum absolute atomic E-state index is 0. The van der Waals surface area contributed by atoms with Crippen molar-refractivity contribution >= 4 is 11.9 Å². The molecule has 0 amide bonds. The number of aliphatic hydroxyl groups is 2. The minimum atomic E-state index is -1.31. The number of hydrogen-bond acceptors (Lipinski definition) is 6. The molecular weight excluding hydrogens is 363 g/mol. The molecule has 1 saturated heterocycles. The molecule has 4 bridgehead atoms. The summed E-state index contributed by atoms with van der Waals surface area (Å²) in [5.41, 5.74) is -3.49. The van der Waals surface area contributed by atoms with Crippen molar-refractivity contribution in [2.75, 3.05) is 0 Å². The number of aliphatic hydroxyl groups excluding tert-OH is 1. The van der Waals surface area contributed by atoms with Crippen LogP contribution in [0.1, 0.15) is 32.6 Å². The van der Waals surface area contributed by atoms with E-state index in [2.05, 4.69) is 6.58 Å². The van der Waals surface area contributed by atoms with Gasteiger partial charge in [-0.25, -0.2) is 0 Å². The summed E-state index contributed by atoms with van der Waals surface area (Å²) in [4.78, 5) is 24.9. The van der Waals surface area contributed by atoms with Crippen LogP contribution in [-0.2, 0) is 14.3 Å². The summed E-state index contributed by atoms with van der Waals surface area (Å²) in [7, 11) is 0. The predicted molar refractivity (Wildman–Crippen MR) is 82.5 cm³/mol. The van der Waals surface area contributed by atoms with Crippen molar-refractivity contribution in [2.45, 2.75) is 49.9 Å². The van der Waals surface area contributed by atoms with Crippen LogP contribution in [0, 0.1) is 28.6 Å². The molecular formula is C19H21KO6. The molecule has 0 aromatic rings. The molecule has 1 spiro atoms. The van der Waals surface area contributed by atoms with Gasteiger partial charge in [-0.3, -0.25) is 4.79 Å². The molecule has 1 heterocycles. The normalized spacial score (nSPS) is 55.8. The maximum atomic E-state index is 12.7. The third-order valence-corrected chi connectivity index (χ3v) is 8.11. The first-order valence-corrected chi connectivity index (χ1v) is 8.84. The van der Waals surface area contributed by atoms with E-state index in [1.54, 1.807) is 19.1 Å². The van der Waals surface area contributed by atoms with Gasteiger partial charge in [0.15, 0.2) is 0 Å². The molecule has 2 N–H and O–H groups in total. The molecule has 6 nitrogen and oxygen atoms in total. The Kier molecular flexibility index (Phi) is 3.95. The van der Waals surface area contributed by atoms with Gasteiger partial charge in [-0.15, -0.1) is 0 Å². The van der Waals surface area contributed by atoms with Crippen LogP contribution in [0.5, 0.6) is 0 Å². The van der Waals surface area contributed by atoms with Gasteiger partial charge in [0.25, 0.3) is 0 Å². The summed E-state index contributed by atoms with van der Waals surface area (Å²) < 4.78 is 5.85. The van der Waals surface area contributed by atoms with Crippen LogP contribution in [0.25, 0.3) is 0 Å². The van der Waals surface area contributed by atoms with Gasteiger partial charge in [0, 0.05) is 23.7 Å². The number of ether oxygens (including phenoxy) is 1. The van der Waals surface area contributed by atoms with Crippen LogP contribution in [0.4, 0.5) is 0 Å². The van der Waals surface area contributed by atoms with E-state index in [0.717, 1.165) is 0 Å². The SMILES string of the molecule is C=C1CC23CC1(O)CCC2C12C=CC(O)C(C)(C(=O)O1)C2C3C(=O)[O-].[K+]. The number of esters is 1. The number of carbonyl (C=O) groups is 2. The van der Waals surface area contributed by atoms with E-state index >= 15 is 0 Å². The number of carboxylic acid groups (broad SMARTS) is 1. The van der Waals surface area contributed by atoms with Gasteiger partial charge in [0.2, 0.25) is 0 Å². The molecule has 5 aliphatic rings. The second kappa shape index (κ2) is 5.31. The third kappa shape index (κ3) is 1.79. The number of aliphatic carboxylic acids is 1. The monoisotopic (exact) mass is 384 g/mol. The smallest absolute Gasteiger partial charge is 0.550 e. The molecule has 4 aliphatic carbocycles. The predicted octanol–water partition coefficient (Wildman–Crippen LogP) is -3.30. The van der Waals surface area contributed by atoms with Crippen molar-refractivity contribution < 1.29 is 81.0 Å². The van der Waals surface area contributed by atoms with Crippen LogP contribution in [0.15, 0.2) is 24.3 Å². The second-order valence-electron chi connectivity index (χ2n) is 8.92. The Bertz CT molecular complexity index is 778. The fourth-order valence-electron chi connectivity index (χ4n) is 7.11. The summed E-state index contributed by atoms with van der Waals surface area (Å²) >= 11 is 0. The molecule has 3 saturated carbocycles. The van der Waals surface area contributed by atoms with E-state index in [0.29, 0.717) is 31.3 Å². The molecule has 134 valence electrons. The number of fused-ring (bicyclic) bond motifs is 1. The van der Waals surface area contributed by atoms with E-state index in [9.17, 15) is 24.9 Å². The summed E-state index contributed by atoms with van der Waals surface area (Å²) in [6.45, 7) is 5.60. The fourth-order valence-corrected chi connectivity index (χ4v) is 7.11. The maximum Gasteiger partial charge on any atom is 1.00 e. The van der Waals surface area contributed by atoms with Crippen LogP contribution in [0.3, 0.4) is 0 Å². The molecule has 0 aromatic heterocycles. The Morgan fingerprint density at radius 1 is 1.46 bits per heavy atom. The topological polar surface area (TPSA) is 107 Å². The summed E-state index contributed by atoms with van der Waals surface area (Å²) in [6, 6.07) is 0. The molecule has 0 radical (unpaired) electrons. The first-order valence-electron chi connectivity index (χ1n) is 8.84. The van der Waals surface area contributed by atoms with Gasteiger partial charge in [0.05, 0.1) is 11.7 Å². The maximum absolute atomic E-state index is 12.7. The zero-order valence-electron chi connectivity index (χ0n) is 15.0. The molecule has 7 heteroatoms. The number of rotatable bonds is 1. The largest absolute Gasteiger partial charge is 1.00 e. The van der Waals surface area contributed by atoms with E-state index in [-0.39, 0.29) is 57.3 Å². The quantitative estimate of drug-likeness (QED) is 0.279. The van der Waals surface area contributed by atoms with Gasteiger partial charge in [-0.2, -0.15) is 0 Å². The average Bonchev–Trinajstić information content (AvgIpc) is 2.95. The third-order valence-electron chi connectivity index (χ3n) is 8.11. The Balaban J connectivity index is 0.00000168. The Morgan fingerprint density at radius 3 is 2.81 bits per heavy atom. The molecule has 26 heavy (non-hydrogen) atoms. The molecule has 8 atom stereocenters. The molecule has 5 rings (SSSR count). The van der Waals surface area contributed by atoms with Crippen molar-refractivity contribution in [1.29, 1.82) is 0 Å². The molecule has 8 unspecified atom stereocenters. The zero-order valence-corrected chi connectivity index (χ0v) is 18.2. The first-order chi connectivity index (χ1) is 11.6. The standard InChI is InChI=1S/C19H22O6.K/c1-9-7-17-8-18(9,24)5-3-10(17)19-6-4-11(20)16(2,15(23)25-19)13(19)12(17)14(21)22;/h4,6,10-13,20,24H,1,3,5,7-8H2,2H3,(H,21,22);/q;+1/p-1. The van der Waals surface area contributed by atoms with E-state index < -0.39 is 51.9 Å². The number of carbonyl (C=O) groups excluding carboxylic acids is 2. The van der Waals surface area contributed by atoms with Gasteiger partial charge >= 0.3 is 57.4 Å². The Hall–Kier alpha value is -0.0236. The molecule has 1 aliphatic heterocycles. The van der Waals surface area contributed by atoms with Crippen LogP contribution in [0.2, 0.25) is 0 Å². The van der Waals surface area contributed by atoms with E-state index in [4.69, 9.17) is 4.74 Å². The first kappa shape index (κ1) is 19.3. The van der Waals surface area contributed by atoms with E-state index in [1.807, 2.05) is 0 Å². The number of hydrogen-bond donors (Lipinski definition) is 2. The van der Waals surface area contributed by atoms with Gasteiger partial charge in [-0.1, -0.05) is 12.7 Å². The zero-order chi connectivity index (χ0) is 18.0. The summed E-state index contributed by atoms with van der Waals surface area (Å²) in [5.74, 6) is -3.67. The van der Waals surface area contributed by atoms with E-state index in [1.165, 1.54) is 0 Å². The van der Waals surface area contributed by atoms with Crippen LogP contribution >= 0.6 is 0 Å². The summed E-state index contributed by atoms with van der Waals surface area (Å²) in [6.07, 6.45) is 3.91. The molecule has 4 fully saturated rings. The molecule has 0 aromatic carbocycles. The van der Waals surface area contributed by atoms with Crippen molar-refractivity contribution in [3.05, 3.63) is 24.3 Å². The second-order valence-corrected chi connectivity index (χ2v) is 8.92. The van der Waals surface area contributed by atoms with Crippen molar-refractivity contribution in [3.8, 4) is 0 Å². The number of carboxylic acids is 1. The Morgan fingerprint density at radius 2 is 2.15 bits per heavy atom. The van der Waals surface area contributed by atoms with Gasteiger partial charge in [-0.05, 0) is 49.7 Å². The Labute approximate surface area is 194 Å². The fraction of sp³-hybridized carbons (Fsp3) is 0.684. The van der Waals surface area contributed by atoms with Crippen molar-refractivity contribution in [2.24, 2.45) is 28.6 Å². The van der Waals surface area contributed by atoms with Crippen molar-refractivity contribution in [1.82, 2.24) is 0 Å². The average molecular weight is 384 g/mol. The van der Waals surface area contributed by atoms with Gasteiger partial charge < -0.3 is 24.9 Å². The van der Waals surface area contributed by atoms with Gasteiger partial charge in [0.1, 0.15) is 11.0 Å². The van der Waals surface area contributed by atoms with Crippen LogP contribution in [-0.4, -0.2) is 39.5 Å². The minimum Gasteiger partial charge on any atom is -0.550 e. The van der Waals surface area contributed by atoms with Crippen LogP contribution < -0.4 is 56.5 Å². The van der Waals surface area contributed by atoms with Crippen molar-refractivity contribution in [3.63, 3.8) is 0 Å². The summed E-state index contributed by atoms with van der Waals surface area (Å²) in [5, 5.41) is 33.7.